The predicted molar refractivity (Wildman–Crippen MR) is 93.4 cm³/mol. The lowest BCUT2D eigenvalue weighted by atomic mass is 9.95. The molecule has 22 heavy (non-hydrogen) atoms. The Morgan fingerprint density at radius 3 is 2.77 bits per heavy atom. The van der Waals surface area contributed by atoms with Gasteiger partial charge in [0, 0.05) is 30.7 Å². The maximum atomic E-state index is 11.9. The van der Waals surface area contributed by atoms with Gasteiger partial charge < -0.3 is 10.2 Å². The summed E-state index contributed by atoms with van der Waals surface area (Å²) in [6, 6.07) is 6.82. The second kappa shape index (κ2) is 7.17. The molecule has 1 aromatic carbocycles. The molecule has 1 aliphatic rings. The van der Waals surface area contributed by atoms with Crippen LogP contribution in [0.2, 0.25) is 0 Å². The van der Waals surface area contributed by atoms with Crippen LogP contribution in [0.15, 0.2) is 18.2 Å². The molecule has 1 N–H and O–H groups in total. The molecule has 1 amide bonds. The average Bonchev–Trinajstić information content (AvgIpc) is 2.46. The number of fused-ring (bicyclic) bond motifs is 1. The van der Waals surface area contributed by atoms with E-state index in [0.29, 0.717) is 6.54 Å². The molecule has 1 heterocycles. The zero-order chi connectivity index (χ0) is 16.2. The minimum Gasteiger partial charge on any atom is -0.371 e. The Balaban J connectivity index is 1.95. The zero-order valence-corrected chi connectivity index (χ0v) is 14.5. The summed E-state index contributed by atoms with van der Waals surface area (Å²) in [7, 11) is 0. The summed E-state index contributed by atoms with van der Waals surface area (Å²) in [6.45, 7) is 11.1. The monoisotopic (exact) mass is 302 g/mol. The molecule has 0 aliphatic carbocycles. The van der Waals surface area contributed by atoms with Crippen molar-refractivity contribution in [3.8, 4) is 0 Å². The molecule has 122 valence electrons. The smallest absolute Gasteiger partial charge is 0.225 e. The number of hydrogen-bond acceptors (Lipinski definition) is 2. The molecule has 0 bridgehead atoms. The van der Waals surface area contributed by atoms with Gasteiger partial charge in [-0.3, -0.25) is 4.79 Å². The van der Waals surface area contributed by atoms with Gasteiger partial charge in [0.2, 0.25) is 5.91 Å². The Kier molecular flexibility index (Phi) is 5.49. The lowest BCUT2D eigenvalue weighted by Gasteiger charge is -2.31. The highest BCUT2D eigenvalue weighted by atomic mass is 16.2. The third-order valence-corrected chi connectivity index (χ3v) is 4.23. The molecule has 0 aromatic heterocycles. The number of nitrogens with one attached hydrogen (secondary N) is 1. The van der Waals surface area contributed by atoms with Crippen LogP contribution in [0.4, 0.5) is 5.69 Å². The van der Waals surface area contributed by atoms with Gasteiger partial charge in [-0.05, 0) is 42.9 Å². The Labute approximate surface area is 135 Å². The van der Waals surface area contributed by atoms with Crippen LogP contribution in [0.3, 0.4) is 0 Å². The molecule has 3 heteroatoms. The van der Waals surface area contributed by atoms with Gasteiger partial charge in [-0.1, -0.05) is 39.8 Å². The number of anilines is 1. The summed E-state index contributed by atoms with van der Waals surface area (Å²) in [5, 5.41) is 3.03. The Hall–Kier alpha value is -1.51. The van der Waals surface area contributed by atoms with Gasteiger partial charge in [0.15, 0.2) is 0 Å². The number of hydrogen-bond donors (Lipinski definition) is 1. The molecule has 1 aliphatic heterocycles. The average molecular weight is 302 g/mol. The van der Waals surface area contributed by atoms with E-state index in [0.717, 1.165) is 13.0 Å². The van der Waals surface area contributed by atoms with Gasteiger partial charge in [-0.2, -0.15) is 0 Å². The Bertz CT molecular complexity index is 517. The number of nitrogens with zero attached hydrogens (tertiary/aromatic N) is 1. The molecule has 3 nitrogen and oxygen atoms in total. The van der Waals surface area contributed by atoms with Gasteiger partial charge >= 0.3 is 0 Å². The maximum absolute atomic E-state index is 11.9. The number of benzene rings is 1. The number of amides is 1. The molecular weight excluding hydrogens is 272 g/mol. The summed E-state index contributed by atoms with van der Waals surface area (Å²) in [5.41, 5.74) is 3.90. The zero-order valence-electron chi connectivity index (χ0n) is 14.5. The van der Waals surface area contributed by atoms with Crippen LogP contribution < -0.4 is 10.2 Å². The van der Waals surface area contributed by atoms with Crippen molar-refractivity contribution < 1.29 is 4.79 Å². The highest BCUT2D eigenvalue weighted by molar-refractivity contribution is 5.81. The highest BCUT2D eigenvalue weighted by Gasteiger charge is 2.20. The SMILES string of the molecule is CCCN1CCCc2cc(CCNC(=O)C(C)(C)C)ccc21. The maximum Gasteiger partial charge on any atom is 0.225 e. The van der Waals surface area contributed by atoms with Gasteiger partial charge in [0.25, 0.3) is 0 Å². The number of carbonyl (C=O) groups is 1. The minimum absolute atomic E-state index is 0.125. The van der Waals surface area contributed by atoms with Gasteiger partial charge in [0.05, 0.1) is 0 Å². The fraction of sp³-hybridized carbons (Fsp3) is 0.632. The third kappa shape index (κ3) is 4.25. The van der Waals surface area contributed by atoms with Crippen molar-refractivity contribution in [1.82, 2.24) is 5.32 Å². The van der Waals surface area contributed by atoms with E-state index in [1.807, 2.05) is 20.8 Å². The largest absolute Gasteiger partial charge is 0.371 e. The van der Waals surface area contributed by atoms with E-state index >= 15 is 0 Å². The van der Waals surface area contributed by atoms with E-state index < -0.39 is 0 Å². The Morgan fingerprint density at radius 2 is 2.09 bits per heavy atom. The van der Waals surface area contributed by atoms with E-state index in [2.05, 4.69) is 35.3 Å². The first-order valence-electron chi connectivity index (χ1n) is 8.57. The van der Waals surface area contributed by atoms with Crippen LogP contribution >= 0.6 is 0 Å². The molecule has 0 radical (unpaired) electrons. The summed E-state index contributed by atoms with van der Waals surface area (Å²) in [4.78, 5) is 14.4. The van der Waals surface area contributed by atoms with Crippen molar-refractivity contribution in [1.29, 1.82) is 0 Å². The fourth-order valence-corrected chi connectivity index (χ4v) is 2.97. The molecular formula is C19H30N2O. The topological polar surface area (TPSA) is 32.3 Å². The van der Waals surface area contributed by atoms with Crippen molar-refractivity contribution in [2.24, 2.45) is 5.41 Å². The van der Waals surface area contributed by atoms with Gasteiger partial charge in [-0.15, -0.1) is 0 Å². The van der Waals surface area contributed by atoms with Crippen LogP contribution in [-0.4, -0.2) is 25.5 Å². The molecule has 0 fully saturated rings. The van der Waals surface area contributed by atoms with E-state index in [-0.39, 0.29) is 11.3 Å². The third-order valence-electron chi connectivity index (χ3n) is 4.23. The fourth-order valence-electron chi connectivity index (χ4n) is 2.97. The lowest BCUT2D eigenvalue weighted by Crippen LogP contribution is -2.36. The molecule has 0 unspecified atom stereocenters. The quantitative estimate of drug-likeness (QED) is 0.902. The number of carbonyl (C=O) groups excluding carboxylic acids is 1. The van der Waals surface area contributed by atoms with Crippen LogP contribution in [0, 0.1) is 5.41 Å². The first kappa shape index (κ1) is 16.9. The van der Waals surface area contributed by atoms with Gasteiger partial charge in [-0.25, -0.2) is 0 Å². The first-order valence-corrected chi connectivity index (χ1v) is 8.57. The van der Waals surface area contributed by atoms with Crippen molar-refractivity contribution in [3.63, 3.8) is 0 Å². The Morgan fingerprint density at radius 1 is 1.32 bits per heavy atom. The number of rotatable bonds is 5. The van der Waals surface area contributed by atoms with Crippen molar-refractivity contribution in [2.75, 3.05) is 24.5 Å². The standard InChI is InChI=1S/C19H30N2O/c1-5-12-21-13-6-7-16-14-15(8-9-17(16)21)10-11-20-18(22)19(2,3)4/h8-9,14H,5-7,10-13H2,1-4H3,(H,20,22). The van der Waals surface area contributed by atoms with E-state index in [1.54, 1.807) is 0 Å². The van der Waals surface area contributed by atoms with Crippen LogP contribution in [0.25, 0.3) is 0 Å². The summed E-state index contributed by atoms with van der Waals surface area (Å²) in [6.07, 6.45) is 4.53. The minimum atomic E-state index is -0.309. The van der Waals surface area contributed by atoms with Crippen LogP contribution in [0.1, 0.15) is 51.7 Å². The first-order chi connectivity index (χ1) is 10.4. The van der Waals surface area contributed by atoms with Gasteiger partial charge in [0.1, 0.15) is 0 Å². The molecule has 0 saturated carbocycles. The van der Waals surface area contributed by atoms with E-state index in [9.17, 15) is 4.79 Å². The molecule has 0 atom stereocenters. The molecule has 1 aromatic rings. The van der Waals surface area contributed by atoms with E-state index in [1.165, 1.54) is 42.6 Å². The molecule has 2 rings (SSSR count). The summed E-state index contributed by atoms with van der Waals surface area (Å²) in [5.74, 6) is 0.125. The van der Waals surface area contributed by atoms with Crippen molar-refractivity contribution in [2.45, 2.75) is 53.4 Å². The second-order valence-electron chi connectivity index (χ2n) is 7.31. The van der Waals surface area contributed by atoms with E-state index in [4.69, 9.17) is 0 Å². The lowest BCUT2D eigenvalue weighted by molar-refractivity contribution is -0.128. The molecule has 0 spiro atoms. The highest BCUT2D eigenvalue weighted by Crippen LogP contribution is 2.28. The normalized spacial score (nSPS) is 14.6. The predicted octanol–water partition coefficient (Wildman–Crippen LogP) is 3.55. The second-order valence-corrected chi connectivity index (χ2v) is 7.31. The van der Waals surface area contributed by atoms with Crippen LogP contribution in [0.5, 0.6) is 0 Å². The summed E-state index contributed by atoms with van der Waals surface area (Å²) < 4.78 is 0. The summed E-state index contributed by atoms with van der Waals surface area (Å²) >= 11 is 0. The molecule has 0 saturated heterocycles. The van der Waals surface area contributed by atoms with Crippen LogP contribution in [-0.2, 0) is 17.6 Å². The van der Waals surface area contributed by atoms with Crippen molar-refractivity contribution >= 4 is 11.6 Å². The number of aryl methyl sites for hydroxylation is 1. The van der Waals surface area contributed by atoms with Crippen molar-refractivity contribution in [3.05, 3.63) is 29.3 Å².